The molecule has 0 radical (unpaired) electrons. The molecular weight excluding hydrogens is 452 g/mol. The molecule has 0 aliphatic heterocycles. The van der Waals surface area contributed by atoms with Gasteiger partial charge in [-0.15, -0.1) is 0 Å². The molecule has 7 nitrogen and oxygen atoms in total. The number of hydrogen-bond donors (Lipinski definition) is 2. The fraction of sp³-hybridized carbons (Fsp3) is 0.0769. The highest BCUT2D eigenvalue weighted by Gasteiger charge is 2.20. The standard InChI is InChI=1S/C26H19F2N5O2/c27-18-9-16(10-19(28)11-18)14-33(20-7-5-17(6-8-20)24-13-29-15-30-24)25(34)12-23-21-3-1-2-4-22(21)26(35)32-31-23/h1-11,13,15H,12,14H2,(H,29,30)(H,32,35). The summed E-state index contributed by atoms with van der Waals surface area (Å²) in [6.07, 6.45) is 3.19. The van der Waals surface area contributed by atoms with E-state index in [1.807, 2.05) is 12.1 Å². The molecule has 3 aromatic carbocycles. The van der Waals surface area contributed by atoms with E-state index < -0.39 is 11.6 Å². The number of halogens is 2. The molecule has 5 rings (SSSR count). The van der Waals surface area contributed by atoms with E-state index in [0.29, 0.717) is 27.7 Å². The molecule has 0 unspecified atom stereocenters. The van der Waals surface area contributed by atoms with E-state index in [-0.39, 0.29) is 24.4 Å². The molecule has 174 valence electrons. The predicted molar refractivity (Wildman–Crippen MR) is 128 cm³/mol. The van der Waals surface area contributed by atoms with Crippen LogP contribution in [-0.2, 0) is 17.8 Å². The average Bonchev–Trinajstić information content (AvgIpc) is 3.39. The van der Waals surface area contributed by atoms with Crippen LogP contribution in [0.25, 0.3) is 22.0 Å². The molecule has 0 atom stereocenters. The van der Waals surface area contributed by atoms with E-state index in [4.69, 9.17) is 0 Å². The molecule has 2 aromatic heterocycles. The maximum Gasteiger partial charge on any atom is 0.272 e. The molecule has 35 heavy (non-hydrogen) atoms. The fourth-order valence-corrected chi connectivity index (χ4v) is 3.98. The molecule has 1 amide bonds. The lowest BCUT2D eigenvalue weighted by atomic mass is 10.1. The second kappa shape index (κ2) is 9.30. The van der Waals surface area contributed by atoms with Crippen LogP contribution in [0.15, 0.2) is 84.0 Å². The van der Waals surface area contributed by atoms with Crippen LogP contribution in [0.2, 0.25) is 0 Å². The van der Waals surface area contributed by atoms with Crippen LogP contribution in [0.1, 0.15) is 11.3 Å². The summed E-state index contributed by atoms with van der Waals surface area (Å²) >= 11 is 0. The Labute approximate surface area is 198 Å². The van der Waals surface area contributed by atoms with Gasteiger partial charge in [0.1, 0.15) is 11.6 Å². The molecule has 2 N–H and O–H groups in total. The highest BCUT2D eigenvalue weighted by molar-refractivity contribution is 5.97. The molecule has 0 aliphatic carbocycles. The lowest BCUT2D eigenvalue weighted by Crippen LogP contribution is -2.32. The van der Waals surface area contributed by atoms with Gasteiger partial charge in [0.2, 0.25) is 5.91 Å². The minimum atomic E-state index is -0.727. The van der Waals surface area contributed by atoms with Gasteiger partial charge in [-0.05, 0) is 35.9 Å². The topological polar surface area (TPSA) is 94.7 Å². The number of hydrogen-bond acceptors (Lipinski definition) is 4. The van der Waals surface area contributed by atoms with Crippen molar-refractivity contribution in [2.24, 2.45) is 0 Å². The summed E-state index contributed by atoms with van der Waals surface area (Å²) in [7, 11) is 0. The third-order valence-corrected chi connectivity index (χ3v) is 5.63. The largest absolute Gasteiger partial charge is 0.351 e. The number of amides is 1. The molecule has 0 bridgehead atoms. The van der Waals surface area contributed by atoms with Gasteiger partial charge in [0.25, 0.3) is 5.56 Å². The Morgan fingerprint density at radius 1 is 0.943 bits per heavy atom. The number of fused-ring (bicyclic) bond motifs is 1. The summed E-state index contributed by atoms with van der Waals surface area (Å²) in [5.74, 6) is -1.81. The van der Waals surface area contributed by atoms with Crippen molar-refractivity contribution in [3.8, 4) is 11.3 Å². The Morgan fingerprint density at radius 3 is 2.34 bits per heavy atom. The van der Waals surface area contributed by atoms with Crippen LogP contribution in [0.5, 0.6) is 0 Å². The summed E-state index contributed by atoms with van der Waals surface area (Å²) in [5.41, 5.74) is 2.46. The first-order valence-electron chi connectivity index (χ1n) is 10.8. The van der Waals surface area contributed by atoms with E-state index in [9.17, 15) is 18.4 Å². The summed E-state index contributed by atoms with van der Waals surface area (Å²) in [6, 6.07) is 17.2. The number of nitrogens with one attached hydrogen (secondary N) is 2. The van der Waals surface area contributed by atoms with Gasteiger partial charge >= 0.3 is 0 Å². The van der Waals surface area contributed by atoms with Gasteiger partial charge in [0.05, 0.1) is 36.1 Å². The lowest BCUT2D eigenvalue weighted by molar-refractivity contribution is -0.118. The Balaban J connectivity index is 1.51. The highest BCUT2D eigenvalue weighted by atomic mass is 19.1. The third-order valence-electron chi connectivity index (χ3n) is 5.63. The second-order valence-corrected chi connectivity index (χ2v) is 7.98. The number of H-pyrrole nitrogens is 2. The first-order chi connectivity index (χ1) is 17.0. The van der Waals surface area contributed by atoms with Crippen molar-refractivity contribution in [3.63, 3.8) is 0 Å². The number of nitrogens with zero attached hydrogens (tertiary/aromatic N) is 3. The molecule has 0 fully saturated rings. The van der Waals surface area contributed by atoms with E-state index in [0.717, 1.165) is 17.3 Å². The number of rotatable bonds is 6. The first kappa shape index (κ1) is 22.1. The number of imidazole rings is 1. The van der Waals surface area contributed by atoms with Crippen molar-refractivity contribution in [2.75, 3.05) is 4.90 Å². The van der Waals surface area contributed by atoms with Crippen molar-refractivity contribution < 1.29 is 13.6 Å². The zero-order chi connectivity index (χ0) is 24.4. The third kappa shape index (κ3) is 4.70. The second-order valence-electron chi connectivity index (χ2n) is 7.98. The number of carbonyl (C=O) groups is 1. The summed E-state index contributed by atoms with van der Waals surface area (Å²) in [5, 5.41) is 7.51. The van der Waals surface area contributed by atoms with Crippen molar-refractivity contribution in [2.45, 2.75) is 13.0 Å². The Hall–Kier alpha value is -4.66. The van der Waals surface area contributed by atoms with E-state index in [1.54, 1.807) is 48.9 Å². The fourth-order valence-electron chi connectivity index (χ4n) is 3.98. The maximum atomic E-state index is 13.9. The summed E-state index contributed by atoms with van der Waals surface area (Å²) < 4.78 is 27.7. The van der Waals surface area contributed by atoms with Crippen molar-refractivity contribution in [1.29, 1.82) is 0 Å². The smallest absolute Gasteiger partial charge is 0.272 e. The Morgan fingerprint density at radius 2 is 1.66 bits per heavy atom. The van der Waals surface area contributed by atoms with Gasteiger partial charge in [-0.1, -0.05) is 30.3 Å². The molecule has 9 heteroatoms. The minimum Gasteiger partial charge on any atom is -0.351 e. The van der Waals surface area contributed by atoms with Crippen molar-refractivity contribution >= 4 is 22.4 Å². The van der Waals surface area contributed by atoms with E-state index in [1.165, 1.54) is 17.0 Å². The van der Waals surface area contributed by atoms with Crippen LogP contribution >= 0.6 is 0 Å². The summed E-state index contributed by atoms with van der Waals surface area (Å²) in [4.78, 5) is 34.2. The molecular formula is C26H19F2N5O2. The quantitative estimate of drug-likeness (QED) is 0.385. The van der Waals surface area contributed by atoms with Gasteiger partial charge in [-0.3, -0.25) is 9.59 Å². The van der Waals surface area contributed by atoms with E-state index >= 15 is 0 Å². The minimum absolute atomic E-state index is 0.0590. The number of aromatic nitrogens is 4. The van der Waals surface area contributed by atoms with Gasteiger partial charge in [0, 0.05) is 28.9 Å². The SMILES string of the molecule is O=C(Cc1n[nH]c(=O)c2ccccc12)N(Cc1cc(F)cc(F)c1)c1ccc(-c2c[nH]cn2)cc1. The predicted octanol–water partition coefficient (Wildman–Crippen LogP) is 4.37. The number of aromatic amines is 2. The van der Waals surface area contributed by atoms with Crippen LogP contribution in [0.3, 0.4) is 0 Å². The first-order valence-corrected chi connectivity index (χ1v) is 10.8. The average molecular weight is 471 g/mol. The lowest BCUT2D eigenvalue weighted by Gasteiger charge is -2.23. The molecule has 0 aliphatic rings. The molecule has 2 heterocycles. The highest BCUT2D eigenvalue weighted by Crippen LogP contribution is 2.25. The van der Waals surface area contributed by atoms with Gasteiger partial charge < -0.3 is 9.88 Å². The zero-order valence-electron chi connectivity index (χ0n) is 18.3. The Bertz CT molecular complexity index is 1540. The molecule has 0 saturated carbocycles. The number of anilines is 1. The monoisotopic (exact) mass is 471 g/mol. The van der Waals surface area contributed by atoms with Crippen LogP contribution in [-0.4, -0.2) is 26.1 Å². The molecule has 0 spiro atoms. The Kier molecular flexibility index (Phi) is 5.88. The summed E-state index contributed by atoms with van der Waals surface area (Å²) in [6.45, 7) is -0.0590. The van der Waals surface area contributed by atoms with Crippen molar-refractivity contribution in [1.82, 2.24) is 20.2 Å². The van der Waals surface area contributed by atoms with Gasteiger partial charge in [0.15, 0.2) is 0 Å². The molecule has 0 saturated heterocycles. The number of carbonyl (C=O) groups excluding carboxylic acids is 1. The van der Waals surface area contributed by atoms with Crippen LogP contribution < -0.4 is 10.5 Å². The van der Waals surface area contributed by atoms with Gasteiger partial charge in [-0.2, -0.15) is 5.10 Å². The maximum absolute atomic E-state index is 13.9. The zero-order valence-corrected chi connectivity index (χ0v) is 18.3. The molecule has 5 aromatic rings. The van der Waals surface area contributed by atoms with Crippen LogP contribution in [0.4, 0.5) is 14.5 Å². The van der Waals surface area contributed by atoms with Gasteiger partial charge in [-0.25, -0.2) is 18.9 Å². The number of benzene rings is 3. The normalized spacial score (nSPS) is 11.0. The van der Waals surface area contributed by atoms with E-state index in [2.05, 4.69) is 20.2 Å². The van der Waals surface area contributed by atoms with Crippen LogP contribution in [0, 0.1) is 11.6 Å². The van der Waals surface area contributed by atoms with Crippen molar-refractivity contribution in [3.05, 3.63) is 112 Å².